The van der Waals surface area contributed by atoms with Gasteiger partial charge in [0.15, 0.2) is 4.73 Å². The van der Waals surface area contributed by atoms with Gasteiger partial charge in [0.1, 0.15) is 11.0 Å². The van der Waals surface area contributed by atoms with Gasteiger partial charge in [-0.25, -0.2) is 9.97 Å². The Morgan fingerprint density at radius 2 is 2.00 bits per heavy atom. The van der Waals surface area contributed by atoms with Gasteiger partial charge in [-0.05, 0) is 35.0 Å². The molecular weight excluding hydrogens is 268 g/mol. The van der Waals surface area contributed by atoms with E-state index in [0.717, 1.165) is 32.5 Å². The number of hydrogen-bond acceptors (Lipinski definition) is 3. The predicted octanol–water partition coefficient (Wildman–Crippen LogP) is 2.59. The molecule has 3 rings (SSSR count). The molecule has 1 aromatic carbocycles. The lowest BCUT2D eigenvalue weighted by Crippen LogP contribution is -1.89. The molecule has 0 aliphatic rings. The van der Waals surface area contributed by atoms with Crippen LogP contribution in [-0.2, 0) is 7.05 Å². The molecule has 0 saturated heterocycles. The Labute approximate surface area is 100 Å². The summed E-state index contributed by atoms with van der Waals surface area (Å²) in [6.07, 6.45) is 1.77. The first kappa shape index (κ1) is 9.72. The fourth-order valence-corrected chi connectivity index (χ4v) is 2.17. The molecule has 0 aliphatic carbocycles. The Bertz CT molecular complexity index is 702. The fourth-order valence-electron chi connectivity index (χ4n) is 1.80. The zero-order chi connectivity index (χ0) is 11.3. The van der Waals surface area contributed by atoms with Crippen LogP contribution in [0.1, 0.15) is 5.69 Å². The number of halogens is 1. The second-order valence-corrected chi connectivity index (χ2v) is 4.46. The molecule has 0 amide bonds. The van der Waals surface area contributed by atoms with Crippen molar-refractivity contribution in [1.29, 1.82) is 0 Å². The summed E-state index contributed by atoms with van der Waals surface area (Å²) >= 11 is 3.41. The van der Waals surface area contributed by atoms with E-state index in [0.29, 0.717) is 0 Å². The van der Waals surface area contributed by atoms with E-state index in [9.17, 15) is 0 Å². The van der Waals surface area contributed by atoms with Gasteiger partial charge in [-0.1, -0.05) is 0 Å². The van der Waals surface area contributed by atoms with Crippen molar-refractivity contribution >= 4 is 38.0 Å². The molecule has 0 N–H and O–H groups in total. The standard InChI is InChI=1S/C11H9BrN4/c1-6-5-13-9-7(14-6)3-4-8-10(9)15-11(12)16(8)2/h3-5H,1-2H3. The number of aromatic nitrogens is 4. The summed E-state index contributed by atoms with van der Waals surface area (Å²) in [6, 6.07) is 4.00. The van der Waals surface area contributed by atoms with Crippen molar-refractivity contribution in [2.75, 3.05) is 0 Å². The normalized spacial score (nSPS) is 11.4. The summed E-state index contributed by atoms with van der Waals surface area (Å²) in [7, 11) is 1.97. The lowest BCUT2D eigenvalue weighted by atomic mass is 10.2. The first-order valence-corrected chi connectivity index (χ1v) is 5.70. The lowest BCUT2D eigenvalue weighted by molar-refractivity contribution is 0.912. The van der Waals surface area contributed by atoms with Gasteiger partial charge < -0.3 is 4.57 Å². The molecule has 16 heavy (non-hydrogen) atoms. The highest BCUT2D eigenvalue weighted by molar-refractivity contribution is 9.10. The maximum atomic E-state index is 4.45. The maximum absolute atomic E-state index is 4.45. The van der Waals surface area contributed by atoms with Crippen LogP contribution in [0.25, 0.3) is 22.1 Å². The predicted molar refractivity (Wildman–Crippen MR) is 66.2 cm³/mol. The summed E-state index contributed by atoms with van der Waals surface area (Å²) < 4.78 is 2.79. The second kappa shape index (κ2) is 3.25. The van der Waals surface area contributed by atoms with E-state index < -0.39 is 0 Å². The zero-order valence-electron chi connectivity index (χ0n) is 8.90. The van der Waals surface area contributed by atoms with Crippen molar-refractivity contribution < 1.29 is 0 Å². The van der Waals surface area contributed by atoms with Gasteiger partial charge in [0, 0.05) is 13.2 Å². The summed E-state index contributed by atoms with van der Waals surface area (Å²) in [4.78, 5) is 13.3. The molecular formula is C11H9BrN4. The van der Waals surface area contributed by atoms with Gasteiger partial charge in [-0.15, -0.1) is 0 Å². The fraction of sp³-hybridized carbons (Fsp3) is 0.182. The number of rotatable bonds is 0. The Morgan fingerprint density at radius 3 is 2.81 bits per heavy atom. The molecule has 0 unspecified atom stereocenters. The smallest absolute Gasteiger partial charge is 0.177 e. The minimum atomic E-state index is 0.803. The molecule has 4 nitrogen and oxygen atoms in total. The van der Waals surface area contributed by atoms with E-state index in [1.54, 1.807) is 6.20 Å². The number of hydrogen-bond donors (Lipinski definition) is 0. The van der Waals surface area contributed by atoms with E-state index >= 15 is 0 Å². The molecule has 0 saturated carbocycles. The van der Waals surface area contributed by atoms with Crippen molar-refractivity contribution in [3.05, 3.63) is 28.8 Å². The van der Waals surface area contributed by atoms with Crippen LogP contribution in [0.3, 0.4) is 0 Å². The van der Waals surface area contributed by atoms with Crippen LogP contribution in [0.15, 0.2) is 23.1 Å². The highest BCUT2D eigenvalue weighted by atomic mass is 79.9. The average molecular weight is 277 g/mol. The minimum Gasteiger partial charge on any atom is -0.322 e. The van der Waals surface area contributed by atoms with Crippen LogP contribution in [0.4, 0.5) is 0 Å². The number of aryl methyl sites for hydroxylation is 2. The Morgan fingerprint density at radius 1 is 1.19 bits per heavy atom. The lowest BCUT2D eigenvalue weighted by Gasteiger charge is -1.99. The molecule has 80 valence electrons. The van der Waals surface area contributed by atoms with Gasteiger partial charge >= 0.3 is 0 Å². The Kier molecular flexibility index (Phi) is 1.97. The minimum absolute atomic E-state index is 0.803. The summed E-state index contributed by atoms with van der Waals surface area (Å²) in [6.45, 7) is 1.94. The summed E-state index contributed by atoms with van der Waals surface area (Å²) in [5.74, 6) is 0. The third-order valence-corrected chi connectivity index (χ3v) is 3.34. The van der Waals surface area contributed by atoms with E-state index in [1.165, 1.54) is 0 Å². The molecule has 0 radical (unpaired) electrons. The van der Waals surface area contributed by atoms with Crippen molar-refractivity contribution in [3.63, 3.8) is 0 Å². The third kappa shape index (κ3) is 1.24. The van der Waals surface area contributed by atoms with Gasteiger partial charge in [-0.3, -0.25) is 4.98 Å². The van der Waals surface area contributed by atoms with Crippen molar-refractivity contribution in [2.45, 2.75) is 6.92 Å². The van der Waals surface area contributed by atoms with Gasteiger partial charge in [0.2, 0.25) is 0 Å². The van der Waals surface area contributed by atoms with E-state index in [-0.39, 0.29) is 0 Å². The summed E-state index contributed by atoms with van der Waals surface area (Å²) in [5, 5.41) is 0. The Hall–Kier alpha value is -1.49. The summed E-state index contributed by atoms with van der Waals surface area (Å²) in [5.41, 5.74) is 4.60. The molecule has 0 aliphatic heterocycles. The second-order valence-electron chi connectivity index (χ2n) is 3.75. The van der Waals surface area contributed by atoms with Crippen molar-refractivity contribution in [2.24, 2.45) is 7.05 Å². The Balaban J connectivity index is 2.54. The van der Waals surface area contributed by atoms with Crippen molar-refractivity contribution in [3.8, 4) is 0 Å². The quantitative estimate of drug-likeness (QED) is 0.634. The van der Waals surface area contributed by atoms with E-state index in [2.05, 4.69) is 30.9 Å². The largest absolute Gasteiger partial charge is 0.322 e. The molecule has 0 atom stereocenters. The van der Waals surface area contributed by atoms with Crippen LogP contribution in [0.5, 0.6) is 0 Å². The maximum Gasteiger partial charge on any atom is 0.177 e. The van der Waals surface area contributed by atoms with Gasteiger partial charge in [-0.2, -0.15) is 0 Å². The molecule has 0 bridgehead atoms. The molecule has 0 fully saturated rings. The highest BCUT2D eigenvalue weighted by Gasteiger charge is 2.10. The third-order valence-electron chi connectivity index (χ3n) is 2.63. The van der Waals surface area contributed by atoms with Crippen LogP contribution in [0, 0.1) is 6.92 Å². The monoisotopic (exact) mass is 276 g/mol. The van der Waals surface area contributed by atoms with Crippen LogP contribution < -0.4 is 0 Å². The van der Waals surface area contributed by atoms with Crippen LogP contribution in [-0.4, -0.2) is 19.5 Å². The van der Waals surface area contributed by atoms with Gasteiger partial charge in [0.25, 0.3) is 0 Å². The molecule has 2 aromatic heterocycles. The number of fused-ring (bicyclic) bond motifs is 3. The average Bonchev–Trinajstić information content (AvgIpc) is 2.55. The van der Waals surface area contributed by atoms with Crippen molar-refractivity contribution in [1.82, 2.24) is 19.5 Å². The van der Waals surface area contributed by atoms with Crippen LogP contribution >= 0.6 is 15.9 Å². The first-order valence-electron chi connectivity index (χ1n) is 4.91. The molecule has 3 aromatic rings. The van der Waals surface area contributed by atoms with E-state index in [1.807, 2.05) is 30.7 Å². The molecule has 2 heterocycles. The SMILES string of the molecule is Cc1cnc2c(ccc3c2nc(Br)n3C)n1. The zero-order valence-corrected chi connectivity index (χ0v) is 10.5. The van der Waals surface area contributed by atoms with Crippen LogP contribution in [0.2, 0.25) is 0 Å². The number of benzene rings is 1. The number of imidazole rings is 1. The topological polar surface area (TPSA) is 43.6 Å². The van der Waals surface area contributed by atoms with E-state index in [4.69, 9.17) is 0 Å². The molecule has 0 spiro atoms. The number of nitrogens with zero attached hydrogens (tertiary/aromatic N) is 4. The van der Waals surface area contributed by atoms with Gasteiger partial charge in [0.05, 0.1) is 16.7 Å². The molecule has 5 heteroatoms. The highest BCUT2D eigenvalue weighted by Crippen LogP contribution is 2.24. The first-order chi connectivity index (χ1) is 7.66.